The summed E-state index contributed by atoms with van der Waals surface area (Å²) in [6.45, 7) is 6.46. The Morgan fingerprint density at radius 3 is 2.52 bits per heavy atom. The van der Waals surface area contributed by atoms with Crippen LogP contribution in [0.1, 0.15) is 32.3 Å². The highest BCUT2D eigenvalue weighted by atomic mass is 19.1. The van der Waals surface area contributed by atoms with Crippen LogP contribution in [-0.4, -0.2) is 34.7 Å². The number of rotatable bonds is 6. The van der Waals surface area contributed by atoms with Crippen molar-refractivity contribution >= 4 is 22.9 Å². The fourth-order valence-corrected chi connectivity index (χ4v) is 4.19. The summed E-state index contributed by atoms with van der Waals surface area (Å²) < 4.78 is 14.8. The number of hydrogen-bond acceptors (Lipinski definition) is 4. The van der Waals surface area contributed by atoms with Crippen LogP contribution in [0.4, 0.5) is 15.0 Å². The summed E-state index contributed by atoms with van der Waals surface area (Å²) in [7, 11) is 0. The molecule has 2 amide bonds. The minimum Gasteiger partial charge on any atom is -0.352 e. The lowest BCUT2D eigenvalue weighted by atomic mass is 10.1. The van der Waals surface area contributed by atoms with Gasteiger partial charge in [-0.1, -0.05) is 38.1 Å². The van der Waals surface area contributed by atoms with Gasteiger partial charge in [0, 0.05) is 32.2 Å². The molecule has 1 fully saturated rings. The molecule has 0 aliphatic carbocycles. The predicted octanol–water partition coefficient (Wildman–Crippen LogP) is 3.66. The summed E-state index contributed by atoms with van der Waals surface area (Å²) in [4.78, 5) is 32.3. The van der Waals surface area contributed by atoms with Crippen LogP contribution in [0.15, 0.2) is 53.3 Å². The molecule has 8 heteroatoms. The number of amides is 2. The number of carbonyl (C=O) groups is 1. The van der Waals surface area contributed by atoms with E-state index in [0.29, 0.717) is 37.9 Å². The number of halogens is 1. The Kier molecular flexibility index (Phi) is 6.91. The Labute approximate surface area is 192 Å². The van der Waals surface area contributed by atoms with Crippen molar-refractivity contribution in [2.45, 2.75) is 45.8 Å². The molecule has 0 bridgehead atoms. The highest BCUT2D eigenvalue weighted by Crippen LogP contribution is 2.19. The molecular formula is C25H30FN5O2. The molecule has 3 aromatic rings. The number of hydrogen-bond donors (Lipinski definition) is 2. The van der Waals surface area contributed by atoms with Gasteiger partial charge in [-0.25, -0.2) is 14.2 Å². The molecule has 7 nitrogen and oxygen atoms in total. The fourth-order valence-electron chi connectivity index (χ4n) is 4.19. The average molecular weight is 452 g/mol. The molecule has 0 unspecified atom stereocenters. The van der Waals surface area contributed by atoms with Crippen molar-refractivity contribution in [2.75, 3.05) is 18.0 Å². The van der Waals surface area contributed by atoms with Crippen LogP contribution in [0, 0.1) is 11.7 Å². The molecule has 2 aromatic carbocycles. The van der Waals surface area contributed by atoms with E-state index in [1.165, 1.54) is 12.1 Å². The number of anilines is 1. The van der Waals surface area contributed by atoms with Crippen LogP contribution in [0.2, 0.25) is 0 Å². The van der Waals surface area contributed by atoms with Crippen LogP contribution in [-0.2, 0) is 13.1 Å². The molecule has 2 N–H and O–H groups in total. The van der Waals surface area contributed by atoms with E-state index in [1.54, 1.807) is 12.1 Å². The van der Waals surface area contributed by atoms with Crippen molar-refractivity contribution in [1.82, 2.24) is 20.2 Å². The number of fused-ring (bicyclic) bond motifs is 1. The minimum atomic E-state index is -0.299. The lowest BCUT2D eigenvalue weighted by molar-refractivity contribution is 0.234. The van der Waals surface area contributed by atoms with Gasteiger partial charge in [-0.2, -0.15) is 0 Å². The van der Waals surface area contributed by atoms with Crippen molar-refractivity contribution < 1.29 is 9.18 Å². The molecule has 33 heavy (non-hydrogen) atoms. The Morgan fingerprint density at radius 1 is 1.12 bits per heavy atom. The number of carbonyl (C=O) groups excluding carboxylic acids is 1. The third-order valence-corrected chi connectivity index (χ3v) is 5.88. The monoisotopic (exact) mass is 451 g/mol. The Morgan fingerprint density at radius 2 is 1.82 bits per heavy atom. The second-order valence-electron chi connectivity index (χ2n) is 8.95. The van der Waals surface area contributed by atoms with E-state index in [1.807, 2.05) is 33.7 Å². The van der Waals surface area contributed by atoms with Gasteiger partial charge in [0.1, 0.15) is 5.82 Å². The first-order valence-electron chi connectivity index (χ1n) is 11.4. The van der Waals surface area contributed by atoms with Crippen LogP contribution < -0.4 is 21.1 Å². The lowest BCUT2D eigenvalue weighted by Crippen LogP contribution is -2.49. The van der Waals surface area contributed by atoms with Gasteiger partial charge in [-0.3, -0.25) is 4.79 Å². The van der Waals surface area contributed by atoms with E-state index in [0.717, 1.165) is 29.4 Å². The number of nitrogens with one attached hydrogen (secondary N) is 2. The van der Waals surface area contributed by atoms with E-state index in [-0.39, 0.29) is 23.4 Å². The normalized spacial score (nSPS) is 14.6. The second-order valence-corrected chi connectivity index (χ2v) is 8.95. The maximum Gasteiger partial charge on any atom is 0.315 e. The van der Waals surface area contributed by atoms with Crippen LogP contribution in [0.5, 0.6) is 0 Å². The summed E-state index contributed by atoms with van der Waals surface area (Å²) in [6.07, 6.45) is 1.45. The molecule has 1 saturated heterocycles. The topological polar surface area (TPSA) is 79.3 Å². The van der Waals surface area contributed by atoms with Crippen molar-refractivity contribution in [1.29, 1.82) is 0 Å². The summed E-state index contributed by atoms with van der Waals surface area (Å²) in [5.41, 5.74) is 2.44. The summed E-state index contributed by atoms with van der Waals surface area (Å²) in [5.74, 6) is 0.519. The molecule has 0 spiro atoms. The first kappa shape index (κ1) is 22.8. The predicted molar refractivity (Wildman–Crippen MR) is 128 cm³/mol. The molecule has 1 aliphatic heterocycles. The van der Waals surface area contributed by atoms with E-state index >= 15 is 0 Å². The van der Waals surface area contributed by atoms with Gasteiger partial charge in [-0.05, 0) is 48.6 Å². The molecule has 2 heterocycles. The van der Waals surface area contributed by atoms with Gasteiger partial charge in [0.25, 0.3) is 5.56 Å². The standard InChI is InChI=1S/C25H30FN5O2/c1-17(2)16-31-22-6-4-3-5-21(22)29-23(24(31)32)30-13-11-20(12-14-30)28-25(33)27-15-18-7-9-19(26)10-8-18/h3-10,17,20H,11-16H2,1-2H3,(H2,27,28,33). The van der Waals surface area contributed by atoms with E-state index in [9.17, 15) is 14.0 Å². The maximum atomic E-state index is 13.3. The number of aromatic nitrogens is 2. The molecular weight excluding hydrogens is 421 g/mol. The van der Waals surface area contributed by atoms with Crippen molar-refractivity contribution in [3.05, 3.63) is 70.3 Å². The lowest BCUT2D eigenvalue weighted by Gasteiger charge is -2.33. The Hall–Kier alpha value is -3.42. The molecule has 0 saturated carbocycles. The molecule has 1 aliphatic rings. The van der Waals surface area contributed by atoms with E-state index < -0.39 is 0 Å². The molecule has 1 aromatic heterocycles. The number of piperidine rings is 1. The van der Waals surface area contributed by atoms with Crippen molar-refractivity contribution in [3.63, 3.8) is 0 Å². The van der Waals surface area contributed by atoms with Crippen molar-refractivity contribution in [3.8, 4) is 0 Å². The number of para-hydroxylation sites is 2. The number of benzene rings is 2. The average Bonchev–Trinajstić information content (AvgIpc) is 2.81. The van der Waals surface area contributed by atoms with Gasteiger partial charge < -0.3 is 20.1 Å². The van der Waals surface area contributed by atoms with Gasteiger partial charge in [0.05, 0.1) is 11.0 Å². The van der Waals surface area contributed by atoms with Crippen molar-refractivity contribution in [2.24, 2.45) is 5.92 Å². The number of urea groups is 1. The first-order chi connectivity index (χ1) is 15.9. The molecule has 174 valence electrons. The molecule has 4 rings (SSSR count). The smallest absolute Gasteiger partial charge is 0.315 e. The number of nitrogens with zero attached hydrogens (tertiary/aromatic N) is 3. The summed E-state index contributed by atoms with van der Waals surface area (Å²) in [6, 6.07) is 13.6. The van der Waals surface area contributed by atoms with Gasteiger partial charge in [0.15, 0.2) is 5.82 Å². The van der Waals surface area contributed by atoms with E-state index in [2.05, 4.69) is 29.5 Å². The molecule has 0 radical (unpaired) electrons. The first-order valence-corrected chi connectivity index (χ1v) is 11.4. The zero-order valence-corrected chi connectivity index (χ0v) is 19.1. The second kappa shape index (κ2) is 10.0. The van der Waals surface area contributed by atoms with Crippen LogP contribution in [0.25, 0.3) is 11.0 Å². The Balaban J connectivity index is 1.38. The Bertz CT molecular complexity index is 1170. The maximum absolute atomic E-state index is 13.3. The zero-order chi connectivity index (χ0) is 23.4. The summed E-state index contributed by atoms with van der Waals surface area (Å²) in [5, 5.41) is 5.81. The third-order valence-electron chi connectivity index (χ3n) is 5.88. The van der Waals surface area contributed by atoms with Crippen LogP contribution >= 0.6 is 0 Å². The zero-order valence-electron chi connectivity index (χ0n) is 19.1. The third kappa shape index (κ3) is 5.50. The largest absolute Gasteiger partial charge is 0.352 e. The minimum absolute atomic E-state index is 0.0211. The van der Waals surface area contributed by atoms with E-state index in [4.69, 9.17) is 0 Å². The van der Waals surface area contributed by atoms with Crippen LogP contribution in [0.3, 0.4) is 0 Å². The highest BCUT2D eigenvalue weighted by Gasteiger charge is 2.24. The highest BCUT2D eigenvalue weighted by molar-refractivity contribution is 5.76. The summed E-state index contributed by atoms with van der Waals surface area (Å²) >= 11 is 0. The SMILES string of the molecule is CC(C)Cn1c(=O)c(N2CCC(NC(=O)NCc3ccc(F)cc3)CC2)nc2ccccc21. The molecule has 0 atom stereocenters. The van der Waals surface area contributed by atoms with Gasteiger partial charge in [0.2, 0.25) is 0 Å². The fraction of sp³-hybridized carbons (Fsp3) is 0.400. The quantitative estimate of drug-likeness (QED) is 0.600. The van der Waals surface area contributed by atoms with Gasteiger partial charge in [-0.15, -0.1) is 0 Å². The van der Waals surface area contributed by atoms with Gasteiger partial charge >= 0.3 is 6.03 Å².